The molecule has 1 rings (SSSR count). The Bertz CT molecular complexity index is 486. The highest BCUT2D eigenvalue weighted by molar-refractivity contribution is 5.93. The first-order valence-corrected chi connectivity index (χ1v) is 6.30. The number of carbonyl (C=O) groups excluding carboxylic acids is 2. The maximum absolute atomic E-state index is 11.8. The molecule has 0 unspecified atom stereocenters. The van der Waals surface area contributed by atoms with Crippen LogP contribution in [0.15, 0.2) is 24.3 Å². The SMILES string of the molecule is COc1ccccc1NC(=O)CNCC(C)(C)C(N)=O. The highest BCUT2D eigenvalue weighted by Crippen LogP contribution is 2.22. The molecular formula is C14H21N3O3. The third-order valence-corrected chi connectivity index (χ3v) is 2.90. The van der Waals surface area contributed by atoms with E-state index in [1.165, 1.54) is 0 Å². The van der Waals surface area contributed by atoms with Crippen molar-refractivity contribution in [3.63, 3.8) is 0 Å². The van der Waals surface area contributed by atoms with E-state index in [9.17, 15) is 9.59 Å². The van der Waals surface area contributed by atoms with Crippen molar-refractivity contribution >= 4 is 17.5 Å². The Hall–Kier alpha value is -2.08. The summed E-state index contributed by atoms with van der Waals surface area (Å²) < 4.78 is 5.14. The number of rotatable bonds is 7. The van der Waals surface area contributed by atoms with Gasteiger partial charge in [0.2, 0.25) is 11.8 Å². The molecule has 4 N–H and O–H groups in total. The number of amides is 2. The lowest BCUT2D eigenvalue weighted by Crippen LogP contribution is -2.42. The Morgan fingerprint density at radius 1 is 1.30 bits per heavy atom. The molecule has 20 heavy (non-hydrogen) atoms. The quantitative estimate of drug-likeness (QED) is 0.686. The van der Waals surface area contributed by atoms with Gasteiger partial charge >= 0.3 is 0 Å². The standard InChI is InChI=1S/C14H21N3O3/c1-14(2,13(15)19)9-16-8-12(18)17-10-6-4-5-7-11(10)20-3/h4-7,16H,8-9H2,1-3H3,(H2,15,19)(H,17,18). The van der Waals surface area contributed by atoms with Crippen LogP contribution in [0.4, 0.5) is 5.69 Å². The first kappa shape index (κ1) is 16.0. The van der Waals surface area contributed by atoms with Crippen molar-refractivity contribution in [1.82, 2.24) is 5.32 Å². The Morgan fingerprint density at radius 2 is 1.95 bits per heavy atom. The van der Waals surface area contributed by atoms with Crippen molar-refractivity contribution in [3.05, 3.63) is 24.3 Å². The average molecular weight is 279 g/mol. The van der Waals surface area contributed by atoms with Crippen molar-refractivity contribution in [3.8, 4) is 5.75 Å². The number of methoxy groups -OCH3 is 1. The number of benzene rings is 1. The van der Waals surface area contributed by atoms with Gasteiger partial charge in [-0.05, 0) is 26.0 Å². The summed E-state index contributed by atoms with van der Waals surface area (Å²) in [6.07, 6.45) is 0. The van der Waals surface area contributed by atoms with Crippen LogP contribution in [-0.4, -0.2) is 32.0 Å². The molecule has 2 amide bonds. The van der Waals surface area contributed by atoms with E-state index in [-0.39, 0.29) is 12.5 Å². The second kappa shape index (κ2) is 6.91. The third-order valence-electron chi connectivity index (χ3n) is 2.90. The van der Waals surface area contributed by atoms with Gasteiger partial charge in [-0.3, -0.25) is 9.59 Å². The lowest BCUT2D eigenvalue weighted by atomic mass is 9.93. The van der Waals surface area contributed by atoms with Gasteiger partial charge in [0.05, 0.1) is 24.8 Å². The summed E-state index contributed by atoms with van der Waals surface area (Å²) in [6.45, 7) is 3.87. The van der Waals surface area contributed by atoms with Gasteiger partial charge in [0.25, 0.3) is 0 Å². The molecule has 0 aromatic heterocycles. The Balaban J connectivity index is 2.47. The summed E-state index contributed by atoms with van der Waals surface area (Å²) in [5.41, 5.74) is 5.17. The van der Waals surface area contributed by atoms with Crippen LogP contribution in [0.3, 0.4) is 0 Å². The molecule has 0 saturated heterocycles. The van der Waals surface area contributed by atoms with E-state index in [2.05, 4.69) is 10.6 Å². The van der Waals surface area contributed by atoms with Crippen LogP contribution in [0.2, 0.25) is 0 Å². The second-order valence-electron chi connectivity index (χ2n) is 5.10. The first-order chi connectivity index (χ1) is 9.36. The van der Waals surface area contributed by atoms with Gasteiger partial charge in [0, 0.05) is 6.54 Å². The Morgan fingerprint density at radius 3 is 2.55 bits per heavy atom. The highest BCUT2D eigenvalue weighted by Gasteiger charge is 2.24. The smallest absolute Gasteiger partial charge is 0.238 e. The van der Waals surface area contributed by atoms with Crippen LogP contribution >= 0.6 is 0 Å². The van der Waals surface area contributed by atoms with E-state index >= 15 is 0 Å². The molecule has 110 valence electrons. The molecule has 0 aliphatic carbocycles. The van der Waals surface area contributed by atoms with Crippen LogP contribution in [0.25, 0.3) is 0 Å². The lowest BCUT2D eigenvalue weighted by Gasteiger charge is -2.20. The van der Waals surface area contributed by atoms with E-state index < -0.39 is 11.3 Å². The molecule has 0 radical (unpaired) electrons. The number of nitrogens with two attached hydrogens (primary N) is 1. The van der Waals surface area contributed by atoms with Crippen LogP contribution < -0.4 is 21.1 Å². The van der Waals surface area contributed by atoms with Crippen LogP contribution in [0, 0.1) is 5.41 Å². The topological polar surface area (TPSA) is 93.4 Å². The summed E-state index contributed by atoms with van der Waals surface area (Å²) in [7, 11) is 1.54. The predicted molar refractivity (Wildman–Crippen MR) is 77.5 cm³/mol. The molecule has 0 heterocycles. The molecule has 0 fully saturated rings. The zero-order valence-electron chi connectivity index (χ0n) is 12.0. The van der Waals surface area contributed by atoms with Gasteiger partial charge in [-0.25, -0.2) is 0 Å². The zero-order valence-corrected chi connectivity index (χ0v) is 12.0. The highest BCUT2D eigenvalue weighted by atomic mass is 16.5. The van der Waals surface area contributed by atoms with Crippen LogP contribution in [0.1, 0.15) is 13.8 Å². The largest absolute Gasteiger partial charge is 0.495 e. The monoisotopic (exact) mass is 279 g/mol. The maximum atomic E-state index is 11.8. The minimum atomic E-state index is -0.690. The van der Waals surface area contributed by atoms with Gasteiger partial charge in [-0.1, -0.05) is 12.1 Å². The lowest BCUT2D eigenvalue weighted by molar-refractivity contribution is -0.126. The molecule has 0 spiro atoms. The van der Waals surface area contributed by atoms with Gasteiger partial charge in [-0.15, -0.1) is 0 Å². The van der Waals surface area contributed by atoms with Gasteiger partial charge in [0.15, 0.2) is 0 Å². The third kappa shape index (κ3) is 4.55. The zero-order chi connectivity index (χ0) is 15.2. The minimum Gasteiger partial charge on any atom is -0.495 e. The average Bonchev–Trinajstić information content (AvgIpc) is 2.39. The number of anilines is 1. The van der Waals surface area contributed by atoms with E-state index in [4.69, 9.17) is 10.5 Å². The molecule has 6 heteroatoms. The molecule has 0 saturated carbocycles. The molecule has 6 nitrogen and oxygen atoms in total. The fourth-order valence-electron chi connectivity index (χ4n) is 1.52. The Kier molecular flexibility index (Phi) is 5.52. The fourth-order valence-corrected chi connectivity index (χ4v) is 1.52. The summed E-state index contributed by atoms with van der Waals surface area (Å²) in [5, 5.41) is 5.65. The molecule has 1 aromatic carbocycles. The molecule has 0 aliphatic heterocycles. The van der Waals surface area contributed by atoms with E-state index in [1.807, 2.05) is 12.1 Å². The van der Waals surface area contributed by atoms with E-state index in [1.54, 1.807) is 33.1 Å². The number of hydrogen-bond donors (Lipinski definition) is 3. The molecular weight excluding hydrogens is 258 g/mol. The number of carbonyl (C=O) groups is 2. The number of primary amides is 1. The Labute approximate surface area is 118 Å². The second-order valence-corrected chi connectivity index (χ2v) is 5.10. The summed E-state index contributed by atoms with van der Waals surface area (Å²) in [5.74, 6) is -0.0248. The predicted octanol–water partition coefficient (Wildman–Crippen LogP) is 0.735. The van der Waals surface area contributed by atoms with Gasteiger partial charge in [-0.2, -0.15) is 0 Å². The summed E-state index contributed by atoms with van der Waals surface area (Å²) in [4.78, 5) is 22.9. The van der Waals surface area contributed by atoms with Gasteiger partial charge in [0.1, 0.15) is 5.75 Å². The fraction of sp³-hybridized carbons (Fsp3) is 0.429. The summed E-state index contributed by atoms with van der Waals surface area (Å²) in [6, 6.07) is 7.15. The molecule has 0 bridgehead atoms. The number of ether oxygens (including phenoxy) is 1. The van der Waals surface area contributed by atoms with Gasteiger partial charge < -0.3 is 21.1 Å². The molecule has 1 aromatic rings. The van der Waals surface area contributed by atoms with Crippen molar-refractivity contribution in [2.24, 2.45) is 11.1 Å². The number of para-hydroxylation sites is 2. The van der Waals surface area contributed by atoms with Crippen molar-refractivity contribution < 1.29 is 14.3 Å². The first-order valence-electron chi connectivity index (χ1n) is 6.30. The number of nitrogens with one attached hydrogen (secondary N) is 2. The van der Waals surface area contributed by atoms with E-state index in [0.717, 1.165) is 0 Å². The summed E-state index contributed by atoms with van der Waals surface area (Å²) >= 11 is 0. The van der Waals surface area contributed by atoms with Crippen molar-refractivity contribution in [2.75, 3.05) is 25.5 Å². The maximum Gasteiger partial charge on any atom is 0.238 e. The van der Waals surface area contributed by atoms with Crippen LogP contribution in [0.5, 0.6) is 5.75 Å². The molecule has 0 atom stereocenters. The molecule has 0 aliphatic rings. The van der Waals surface area contributed by atoms with Crippen molar-refractivity contribution in [2.45, 2.75) is 13.8 Å². The van der Waals surface area contributed by atoms with E-state index in [0.29, 0.717) is 18.0 Å². The normalized spacial score (nSPS) is 10.9. The van der Waals surface area contributed by atoms with Crippen LogP contribution in [-0.2, 0) is 9.59 Å². The number of hydrogen-bond acceptors (Lipinski definition) is 4. The van der Waals surface area contributed by atoms with Crippen molar-refractivity contribution in [1.29, 1.82) is 0 Å². The minimum absolute atomic E-state index is 0.0920.